The molecule has 1 amide bonds. The van der Waals surface area contributed by atoms with Gasteiger partial charge >= 0.3 is 12.1 Å². The predicted octanol–water partition coefficient (Wildman–Crippen LogP) is 3.73. The van der Waals surface area contributed by atoms with Gasteiger partial charge in [0, 0.05) is 53.5 Å². The first kappa shape index (κ1) is 28.3. The van der Waals surface area contributed by atoms with E-state index < -0.39 is 17.8 Å². The summed E-state index contributed by atoms with van der Waals surface area (Å²) in [4.78, 5) is 36.6. The normalized spacial score (nSPS) is 26.2. The molecule has 0 aliphatic carbocycles. The molecule has 2 aromatic rings. The van der Waals surface area contributed by atoms with Gasteiger partial charge in [-0.25, -0.2) is 9.59 Å². The Kier molecular flexibility index (Phi) is 7.18. The average molecular weight is 589 g/mol. The van der Waals surface area contributed by atoms with Gasteiger partial charge in [-0.05, 0) is 81.0 Å². The highest BCUT2D eigenvalue weighted by Gasteiger charge is 2.49. The van der Waals surface area contributed by atoms with E-state index in [9.17, 15) is 19.8 Å². The molecule has 6 heterocycles. The number of carbonyl (C=O) groups is 2. The van der Waals surface area contributed by atoms with Gasteiger partial charge in [0.2, 0.25) is 0 Å². The van der Waals surface area contributed by atoms with Crippen molar-refractivity contribution in [1.29, 1.82) is 0 Å². The lowest BCUT2D eigenvalue weighted by Crippen LogP contribution is -2.50. The molecule has 5 aliphatic rings. The largest absolute Gasteiger partial charge is 0.459 e. The fraction of sp³-hybridized carbons (Fsp3) is 0.545. The Morgan fingerprint density at radius 3 is 2.63 bits per heavy atom. The van der Waals surface area contributed by atoms with Crippen LogP contribution in [0, 0.1) is 0 Å². The topological polar surface area (TPSA) is 116 Å². The van der Waals surface area contributed by atoms with Crippen LogP contribution >= 0.6 is 0 Å². The minimum absolute atomic E-state index is 0.0525. The second kappa shape index (κ2) is 10.9. The molecule has 2 saturated heterocycles. The van der Waals surface area contributed by atoms with Gasteiger partial charge in [0.25, 0.3) is 0 Å². The first-order chi connectivity index (χ1) is 20.8. The van der Waals surface area contributed by atoms with Crippen LogP contribution in [0.4, 0.5) is 4.79 Å². The molecular weight excluding hydrogens is 548 g/mol. The van der Waals surface area contributed by atoms with Crippen LogP contribution in [0.25, 0.3) is 16.6 Å². The highest BCUT2D eigenvalue weighted by atomic mass is 16.6. The monoisotopic (exact) mass is 588 g/mol. The zero-order valence-corrected chi connectivity index (χ0v) is 25.0. The second-order valence-corrected chi connectivity index (χ2v) is 12.4. The summed E-state index contributed by atoms with van der Waals surface area (Å²) >= 11 is 0. The fourth-order valence-electron chi connectivity index (χ4n) is 7.68. The molecule has 0 spiro atoms. The number of cyclic esters (lactones) is 1. The van der Waals surface area contributed by atoms with Crippen molar-refractivity contribution in [3.63, 3.8) is 0 Å². The summed E-state index contributed by atoms with van der Waals surface area (Å²) in [5.74, 6) is -0.270. The van der Waals surface area contributed by atoms with E-state index in [4.69, 9.17) is 9.47 Å². The van der Waals surface area contributed by atoms with E-state index in [2.05, 4.69) is 16.8 Å². The Morgan fingerprint density at radius 2 is 1.91 bits per heavy atom. The van der Waals surface area contributed by atoms with Crippen molar-refractivity contribution < 1.29 is 29.3 Å². The standard InChI is InChI=1S/C33H40N4O6/c1-3-22-23-14-21(43-32(40)36-12-8-20(9-13-36)35-10-6-5-7-11-35)17-34-28(23)15-24-25(22)18-37-29(24)16-27-26(30(37)38)19-42-31(39)33(27,41)4-2/h14-17,20,30,38,41H,3-13,18-19H2,1-2H3/t30?,33-/m0/s1. The molecule has 228 valence electrons. The Hall–Kier alpha value is -3.47. The number of amides is 1. The van der Waals surface area contributed by atoms with Crippen LogP contribution in [0.15, 0.2) is 35.6 Å². The third kappa shape index (κ3) is 4.62. The number of rotatable bonds is 4. The summed E-state index contributed by atoms with van der Waals surface area (Å²) in [5, 5.41) is 23.5. The second-order valence-electron chi connectivity index (χ2n) is 12.4. The molecule has 0 saturated carbocycles. The molecule has 1 aromatic carbocycles. The van der Waals surface area contributed by atoms with E-state index in [-0.39, 0.29) is 19.1 Å². The van der Waals surface area contributed by atoms with E-state index in [1.54, 1.807) is 18.0 Å². The van der Waals surface area contributed by atoms with Gasteiger partial charge in [-0.15, -0.1) is 0 Å². The number of piperidine rings is 2. The maximum absolute atomic E-state index is 13.1. The number of fused-ring (bicyclic) bond motifs is 4. The predicted molar refractivity (Wildman–Crippen MR) is 160 cm³/mol. The van der Waals surface area contributed by atoms with Crippen molar-refractivity contribution in [2.75, 3.05) is 32.8 Å². The molecular formula is C33H40N4O6. The number of pyridine rings is 1. The van der Waals surface area contributed by atoms with Crippen LogP contribution < -0.4 is 4.74 Å². The van der Waals surface area contributed by atoms with Crippen molar-refractivity contribution in [2.45, 2.75) is 83.2 Å². The van der Waals surface area contributed by atoms with Crippen molar-refractivity contribution in [2.24, 2.45) is 0 Å². The van der Waals surface area contributed by atoms with E-state index in [1.807, 2.05) is 23.1 Å². The number of nitrogens with zero attached hydrogens (tertiary/aromatic N) is 4. The number of ether oxygens (including phenoxy) is 2. The van der Waals surface area contributed by atoms with Gasteiger partial charge in [-0.1, -0.05) is 20.3 Å². The number of hydrogen-bond donors (Lipinski definition) is 2. The van der Waals surface area contributed by atoms with Crippen LogP contribution in [0.3, 0.4) is 0 Å². The number of aromatic nitrogens is 1. The first-order valence-corrected chi connectivity index (χ1v) is 15.8. The molecule has 43 heavy (non-hydrogen) atoms. The molecule has 0 bridgehead atoms. The van der Waals surface area contributed by atoms with Gasteiger partial charge in [-0.2, -0.15) is 0 Å². The number of aryl methyl sites for hydroxylation is 1. The fourth-order valence-corrected chi connectivity index (χ4v) is 7.68. The Balaban J connectivity index is 1.14. The third-order valence-corrected chi connectivity index (χ3v) is 10.2. The molecule has 2 atom stereocenters. The number of benzene rings is 1. The van der Waals surface area contributed by atoms with Gasteiger partial charge in [0.05, 0.1) is 11.7 Å². The summed E-state index contributed by atoms with van der Waals surface area (Å²) in [6.07, 6.45) is 8.74. The molecule has 10 heteroatoms. The van der Waals surface area contributed by atoms with Crippen molar-refractivity contribution >= 4 is 28.7 Å². The molecule has 0 radical (unpaired) electrons. The van der Waals surface area contributed by atoms with Gasteiger partial charge in [0.15, 0.2) is 17.6 Å². The van der Waals surface area contributed by atoms with E-state index in [0.717, 1.165) is 46.1 Å². The van der Waals surface area contributed by atoms with Gasteiger partial charge < -0.3 is 34.4 Å². The summed E-state index contributed by atoms with van der Waals surface area (Å²) in [7, 11) is 0. The highest BCUT2D eigenvalue weighted by Crippen LogP contribution is 2.47. The minimum atomic E-state index is -1.79. The number of hydrogen-bond acceptors (Lipinski definition) is 9. The summed E-state index contributed by atoms with van der Waals surface area (Å²) in [6, 6.07) is 4.43. The lowest BCUT2D eigenvalue weighted by atomic mass is 9.82. The van der Waals surface area contributed by atoms with Gasteiger partial charge in [-0.3, -0.25) is 4.98 Å². The minimum Gasteiger partial charge on any atom is -0.459 e. The van der Waals surface area contributed by atoms with Crippen molar-refractivity contribution in [3.8, 4) is 5.75 Å². The summed E-state index contributed by atoms with van der Waals surface area (Å²) in [6.45, 7) is 7.95. The number of esters is 1. The van der Waals surface area contributed by atoms with Crippen LogP contribution in [-0.4, -0.2) is 92.6 Å². The molecule has 1 aromatic heterocycles. The van der Waals surface area contributed by atoms with Crippen LogP contribution in [0.2, 0.25) is 0 Å². The molecule has 2 N–H and O–H groups in total. The zero-order chi connectivity index (χ0) is 29.9. The van der Waals surface area contributed by atoms with Crippen molar-refractivity contribution in [3.05, 3.63) is 52.2 Å². The smallest absolute Gasteiger partial charge is 0.415 e. The lowest BCUT2D eigenvalue weighted by molar-refractivity contribution is -0.164. The maximum Gasteiger partial charge on any atom is 0.415 e. The number of aliphatic hydroxyl groups excluding tert-OH is 1. The van der Waals surface area contributed by atoms with Crippen LogP contribution in [-0.2, 0) is 22.5 Å². The zero-order valence-electron chi connectivity index (χ0n) is 25.0. The highest BCUT2D eigenvalue weighted by molar-refractivity contribution is 5.93. The first-order valence-electron chi connectivity index (χ1n) is 15.8. The average Bonchev–Trinajstić information content (AvgIpc) is 3.41. The maximum atomic E-state index is 13.1. The third-order valence-electron chi connectivity index (χ3n) is 10.2. The Morgan fingerprint density at radius 1 is 1.14 bits per heavy atom. The summed E-state index contributed by atoms with van der Waals surface area (Å²) in [5.41, 5.74) is 3.69. The van der Waals surface area contributed by atoms with Gasteiger partial charge in [0.1, 0.15) is 6.61 Å². The molecule has 5 aliphatic heterocycles. The number of likely N-dealkylation sites (tertiary alicyclic amines) is 2. The lowest BCUT2D eigenvalue weighted by Gasteiger charge is -2.40. The Bertz CT molecular complexity index is 1540. The SMILES string of the molecule is CCc1c2c(cc3ncc(OC(=O)N4CCC(N5CCCCC5)CC4)cc13)C1=CC3=C(COC(=O)[C@]3(O)CC)C(O)N1C2. The van der Waals surface area contributed by atoms with Crippen LogP contribution in [0.5, 0.6) is 5.75 Å². The molecule has 1 unspecified atom stereocenters. The van der Waals surface area contributed by atoms with E-state index in [0.29, 0.717) is 49.0 Å². The Labute approximate surface area is 251 Å². The van der Waals surface area contributed by atoms with Crippen molar-refractivity contribution in [1.82, 2.24) is 19.7 Å². The molecule has 2 fully saturated rings. The number of carbonyl (C=O) groups excluding carboxylic acids is 2. The quantitative estimate of drug-likeness (QED) is 0.516. The van der Waals surface area contributed by atoms with E-state index in [1.165, 1.54) is 32.4 Å². The number of aliphatic hydroxyl groups is 2. The molecule has 10 nitrogen and oxygen atoms in total. The summed E-state index contributed by atoms with van der Waals surface area (Å²) < 4.78 is 11.1. The molecule has 7 rings (SSSR count). The van der Waals surface area contributed by atoms with E-state index >= 15 is 0 Å². The van der Waals surface area contributed by atoms with Crippen LogP contribution in [0.1, 0.15) is 69.1 Å².